The Morgan fingerprint density at radius 3 is 2.00 bits per heavy atom. The van der Waals surface area contributed by atoms with Crippen molar-refractivity contribution in [1.82, 2.24) is 0 Å². The van der Waals surface area contributed by atoms with Crippen molar-refractivity contribution in [2.45, 2.75) is 46.6 Å². The number of nitrogens with one attached hydrogen (secondary N) is 1. The van der Waals surface area contributed by atoms with Crippen molar-refractivity contribution in [3.05, 3.63) is 28.8 Å². The molecule has 0 atom stereocenters. The van der Waals surface area contributed by atoms with Gasteiger partial charge in [-0.3, -0.25) is 0 Å². The molecule has 0 aliphatic rings. The molecule has 0 radical (unpaired) electrons. The third kappa shape index (κ3) is 5.35. The Labute approximate surface area is 119 Å². The van der Waals surface area contributed by atoms with Gasteiger partial charge in [0.1, 0.15) is 5.82 Å². The maximum absolute atomic E-state index is 13.8. The van der Waals surface area contributed by atoms with Gasteiger partial charge >= 0.3 is 0 Å². The molecular formula is C15H22ClF2N. The number of hydrogen-bond acceptors (Lipinski definition) is 1. The van der Waals surface area contributed by atoms with Gasteiger partial charge in [0, 0.05) is 12.1 Å². The van der Waals surface area contributed by atoms with Gasteiger partial charge in [0.15, 0.2) is 5.82 Å². The van der Waals surface area contributed by atoms with Gasteiger partial charge in [0.25, 0.3) is 0 Å². The van der Waals surface area contributed by atoms with E-state index in [0.717, 1.165) is 25.0 Å². The molecule has 0 bridgehead atoms. The number of benzene rings is 1. The maximum Gasteiger partial charge on any atom is 0.150 e. The van der Waals surface area contributed by atoms with Gasteiger partial charge in [-0.15, -0.1) is 0 Å². The molecule has 0 spiro atoms. The fraction of sp³-hybridized carbons (Fsp3) is 0.600. The summed E-state index contributed by atoms with van der Waals surface area (Å²) in [6, 6.07) is 2.13. The monoisotopic (exact) mass is 289 g/mol. The maximum atomic E-state index is 13.8. The van der Waals surface area contributed by atoms with Crippen molar-refractivity contribution < 1.29 is 8.78 Å². The van der Waals surface area contributed by atoms with E-state index in [9.17, 15) is 8.78 Å². The molecule has 19 heavy (non-hydrogen) atoms. The molecule has 1 nitrogen and oxygen atoms in total. The van der Waals surface area contributed by atoms with Crippen LogP contribution in [0.5, 0.6) is 0 Å². The SMILES string of the molecule is CC(C)CC(CC(C)C)Nc1c(F)cc(F)cc1Cl. The van der Waals surface area contributed by atoms with Crippen molar-refractivity contribution in [3.63, 3.8) is 0 Å². The molecule has 0 aliphatic carbocycles. The fourth-order valence-corrected chi connectivity index (χ4v) is 2.49. The summed E-state index contributed by atoms with van der Waals surface area (Å²) in [6.45, 7) is 8.49. The van der Waals surface area contributed by atoms with Crippen LogP contribution < -0.4 is 5.32 Å². The Morgan fingerprint density at radius 2 is 1.58 bits per heavy atom. The van der Waals surface area contributed by atoms with Crippen LogP contribution in [0, 0.1) is 23.5 Å². The van der Waals surface area contributed by atoms with Gasteiger partial charge < -0.3 is 5.32 Å². The summed E-state index contributed by atoms with van der Waals surface area (Å²) >= 11 is 5.91. The molecule has 0 saturated carbocycles. The molecule has 4 heteroatoms. The molecule has 0 saturated heterocycles. The van der Waals surface area contributed by atoms with Crippen LogP contribution in [0.15, 0.2) is 12.1 Å². The van der Waals surface area contributed by atoms with E-state index in [2.05, 4.69) is 33.0 Å². The van der Waals surface area contributed by atoms with Crippen molar-refractivity contribution in [2.24, 2.45) is 11.8 Å². The van der Waals surface area contributed by atoms with Crippen LogP contribution in [0.3, 0.4) is 0 Å². The first kappa shape index (κ1) is 16.2. The summed E-state index contributed by atoms with van der Waals surface area (Å²) < 4.78 is 26.8. The fourth-order valence-electron chi connectivity index (χ4n) is 2.24. The second-order valence-corrected chi connectivity index (χ2v) is 6.25. The van der Waals surface area contributed by atoms with E-state index in [4.69, 9.17) is 11.6 Å². The molecular weight excluding hydrogens is 268 g/mol. The Morgan fingerprint density at radius 1 is 1.05 bits per heavy atom. The predicted molar refractivity (Wildman–Crippen MR) is 77.7 cm³/mol. The lowest BCUT2D eigenvalue weighted by atomic mass is 9.95. The van der Waals surface area contributed by atoms with E-state index in [-0.39, 0.29) is 16.8 Å². The molecule has 1 rings (SSSR count). The van der Waals surface area contributed by atoms with Gasteiger partial charge in [0.05, 0.1) is 10.7 Å². The summed E-state index contributed by atoms with van der Waals surface area (Å²) in [5, 5.41) is 3.22. The Kier molecular flexibility index (Phi) is 6.05. The number of halogens is 3. The van der Waals surface area contributed by atoms with E-state index in [1.165, 1.54) is 0 Å². The third-order valence-corrected chi connectivity index (χ3v) is 3.17. The minimum atomic E-state index is -0.655. The van der Waals surface area contributed by atoms with Gasteiger partial charge in [-0.25, -0.2) is 8.78 Å². The van der Waals surface area contributed by atoms with Crippen LogP contribution in [-0.4, -0.2) is 6.04 Å². The van der Waals surface area contributed by atoms with E-state index in [0.29, 0.717) is 11.8 Å². The van der Waals surface area contributed by atoms with Gasteiger partial charge in [-0.2, -0.15) is 0 Å². The summed E-state index contributed by atoms with van der Waals surface area (Å²) in [5.74, 6) is -0.295. The number of rotatable bonds is 6. The standard InChI is InChI=1S/C15H22ClF2N/c1-9(2)5-12(6-10(3)4)19-15-13(16)7-11(17)8-14(15)18/h7-10,12,19H,5-6H2,1-4H3. The third-order valence-electron chi connectivity index (χ3n) is 2.87. The highest BCUT2D eigenvalue weighted by molar-refractivity contribution is 6.33. The highest BCUT2D eigenvalue weighted by Gasteiger charge is 2.17. The number of anilines is 1. The lowest BCUT2D eigenvalue weighted by Gasteiger charge is -2.24. The summed E-state index contributed by atoms with van der Waals surface area (Å²) in [6.07, 6.45) is 1.84. The summed E-state index contributed by atoms with van der Waals surface area (Å²) in [4.78, 5) is 0. The largest absolute Gasteiger partial charge is 0.379 e. The lowest BCUT2D eigenvalue weighted by molar-refractivity contribution is 0.440. The zero-order valence-electron chi connectivity index (χ0n) is 11.9. The van der Waals surface area contributed by atoms with Gasteiger partial charge in [-0.1, -0.05) is 39.3 Å². The Balaban J connectivity index is 2.89. The summed E-state index contributed by atoms with van der Waals surface area (Å²) in [5.41, 5.74) is 0.203. The van der Waals surface area contributed by atoms with E-state index >= 15 is 0 Å². The Bertz CT molecular complexity index is 386. The van der Waals surface area contributed by atoms with Crippen molar-refractivity contribution in [1.29, 1.82) is 0 Å². The number of hydrogen-bond donors (Lipinski definition) is 1. The second-order valence-electron chi connectivity index (χ2n) is 5.84. The van der Waals surface area contributed by atoms with Crippen LogP contribution in [-0.2, 0) is 0 Å². The van der Waals surface area contributed by atoms with Crippen molar-refractivity contribution in [2.75, 3.05) is 5.32 Å². The topological polar surface area (TPSA) is 12.0 Å². The molecule has 0 aromatic heterocycles. The average molecular weight is 290 g/mol. The first-order chi connectivity index (χ1) is 8.79. The van der Waals surface area contributed by atoms with E-state index in [1.54, 1.807) is 0 Å². The second kappa shape index (κ2) is 7.09. The average Bonchev–Trinajstić information content (AvgIpc) is 2.21. The first-order valence-corrected chi connectivity index (χ1v) is 7.08. The highest BCUT2D eigenvalue weighted by Crippen LogP contribution is 2.29. The van der Waals surface area contributed by atoms with Crippen LogP contribution in [0.2, 0.25) is 5.02 Å². The smallest absolute Gasteiger partial charge is 0.150 e. The van der Waals surface area contributed by atoms with Crippen LogP contribution in [0.1, 0.15) is 40.5 Å². The van der Waals surface area contributed by atoms with Gasteiger partial charge in [-0.05, 0) is 30.7 Å². The van der Waals surface area contributed by atoms with Crippen molar-refractivity contribution >= 4 is 17.3 Å². The Hall–Kier alpha value is -0.830. The molecule has 1 aromatic carbocycles. The predicted octanol–water partition coefficient (Wildman–Crippen LogP) is 5.49. The molecule has 0 aliphatic heterocycles. The molecule has 0 unspecified atom stereocenters. The zero-order valence-corrected chi connectivity index (χ0v) is 12.7. The zero-order chi connectivity index (χ0) is 14.6. The van der Waals surface area contributed by atoms with Crippen LogP contribution in [0.4, 0.5) is 14.5 Å². The molecule has 108 valence electrons. The van der Waals surface area contributed by atoms with E-state index in [1.807, 2.05) is 0 Å². The first-order valence-electron chi connectivity index (χ1n) is 6.70. The lowest BCUT2D eigenvalue weighted by Crippen LogP contribution is -2.24. The summed E-state index contributed by atoms with van der Waals surface area (Å²) in [7, 11) is 0. The minimum Gasteiger partial charge on any atom is -0.379 e. The van der Waals surface area contributed by atoms with Gasteiger partial charge in [0.2, 0.25) is 0 Å². The molecule has 0 amide bonds. The highest BCUT2D eigenvalue weighted by atomic mass is 35.5. The van der Waals surface area contributed by atoms with E-state index < -0.39 is 11.6 Å². The minimum absolute atomic E-state index is 0.0926. The molecule has 0 heterocycles. The molecule has 0 fully saturated rings. The molecule has 1 N–H and O–H groups in total. The van der Waals surface area contributed by atoms with Crippen molar-refractivity contribution in [3.8, 4) is 0 Å². The van der Waals surface area contributed by atoms with Crippen LogP contribution in [0.25, 0.3) is 0 Å². The quantitative estimate of drug-likeness (QED) is 0.730. The van der Waals surface area contributed by atoms with Crippen LogP contribution >= 0.6 is 11.6 Å². The normalized spacial score (nSPS) is 11.7. The molecule has 1 aromatic rings.